The third kappa shape index (κ3) is 5.30. The molecule has 0 aliphatic rings. The van der Waals surface area contributed by atoms with Crippen LogP contribution in [0, 0.1) is 0 Å². The van der Waals surface area contributed by atoms with Gasteiger partial charge in [0.05, 0.1) is 7.11 Å². The maximum atomic E-state index is 12.1. The van der Waals surface area contributed by atoms with Crippen LogP contribution in [0.3, 0.4) is 0 Å². The van der Waals surface area contributed by atoms with E-state index in [9.17, 15) is 4.79 Å². The maximum absolute atomic E-state index is 12.1. The van der Waals surface area contributed by atoms with Crippen LogP contribution in [0.4, 0.5) is 5.69 Å². The summed E-state index contributed by atoms with van der Waals surface area (Å²) in [5, 5.41) is 2.99. The number of ether oxygens (including phenoxy) is 1. The van der Waals surface area contributed by atoms with Crippen molar-refractivity contribution >= 4 is 11.6 Å². The molecule has 0 radical (unpaired) electrons. The number of nitrogens with one attached hydrogen (secondary N) is 1. The molecule has 1 amide bonds. The van der Waals surface area contributed by atoms with Crippen molar-refractivity contribution in [1.29, 1.82) is 0 Å². The molecule has 0 atom stereocenters. The summed E-state index contributed by atoms with van der Waals surface area (Å²) in [5.74, 6) is 0.951. The van der Waals surface area contributed by atoms with Crippen molar-refractivity contribution in [3.8, 4) is 5.75 Å². The standard InChI is InChI=1S/C20H26N2O2/c1-3-22(18-10-5-4-6-11-18)16-14-20(23)21-15-13-17-9-7-8-12-19(17)24-2/h4-12H,3,13-16H2,1-2H3,(H,21,23). The molecule has 128 valence electrons. The van der Waals surface area contributed by atoms with Crippen LogP contribution < -0.4 is 15.0 Å². The van der Waals surface area contributed by atoms with Gasteiger partial charge in [-0.25, -0.2) is 0 Å². The number of rotatable bonds is 9. The molecule has 1 N–H and O–H groups in total. The normalized spacial score (nSPS) is 10.2. The third-order valence-electron chi connectivity index (χ3n) is 4.02. The van der Waals surface area contributed by atoms with Crippen LogP contribution in [0.1, 0.15) is 18.9 Å². The summed E-state index contributed by atoms with van der Waals surface area (Å²) in [5.41, 5.74) is 2.27. The minimum Gasteiger partial charge on any atom is -0.496 e. The van der Waals surface area contributed by atoms with Gasteiger partial charge in [-0.3, -0.25) is 4.79 Å². The second kappa shape index (κ2) is 9.60. The first-order valence-electron chi connectivity index (χ1n) is 8.43. The minimum absolute atomic E-state index is 0.0827. The van der Waals surface area contributed by atoms with Crippen LogP contribution in [-0.2, 0) is 11.2 Å². The number of amides is 1. The van der Waals surface area contributed by atoms with Gasteiger partial charge in [0.15, 0.2) is 0 Å². The van der Waals surface area contributed by atoms with Gasteiger partial charge < -0.3 is 15.0 Å². The van der Waals surface area contributed by atoms with Crippen LogP contribution in [-0.4, -0.2) is 32.7 Å². The number of anilines is 1. The van der Waals surface area contributed by atoms with E-state index in [4.69, 9.17) is 4.74 Å². The number of benzene rings is 2. The summed E-state index contributed by atoms with van der Waals surface area (Å²) in [6.07, 6.45) is 1.26. The fraction of sp³-hybridized carbons (Fsp3) is 0.350. The lowest BCUT2D eigenvalue weighted by atomic mass is 10.1. The van der Waals surface area contributed by atoms with Crippen LogP contribution in [0.25, 0.3) is 0 Å². The first-order chi connectivity index (χ1) is 11.7. The number of para-hydroxylation sites is 2. The molecule has 2 aromatic carbocycles. The van der Waals surface area contributed by atoms with Gasteiger partial charge in [-0.2, -0.15) is 0 Å². The summed E-state index contributed by atoms with van der Waals surface area (Å²) in [7, 11) is 1.67. The predicted octanol–water partition coefficient (Wildman–Crippen LogP) is 3.27. The number of carbonyl (C=O) groups excluding carboxylic acids is 1. The Kier molecular flexibility index (Phi) is 7.15. The van der Waals surface area contributed by atoms with Gasteiger partial charge in [-0.15, -0.1) is 0 Å². The van der Waals surface area contributed by atoms with E-state index < -0.39 is 0 Å². The quantitative estimate of drug-likeness (QED) is 0.769. The highest BCUT2D eigenvalue weighted by Gasteiger charge is 2.08. The Morgan fingerprint density at radius 2 is 1.79 bits per heavy atom. The van der Waals surface area contributed by atoms with E-state index in [-0.39, 0.29) is 5.91 Å². The molecule has 0 fully saturated rings. The zero-order valence-corrected chi connectivity index (χ0v) is 14.5. The molecular weight excluding hydrogens is 300 g/mol. The monoisotopic (exact) mass is 326 g/mol. The number of methoxy groups -OCH3 is 1. The van der Waals surface area contributed by atoms with E-state index in [1.807, 2.05) is 42.5 Å². The zero-order chi connectivity index (χ0) is 17.2. The highest BCUT2D eigenvalue weighted by Crippen LogP contribution is 2.17. The van der Waals surface area contributed by atoms with Gasteiger partial charge in [-0.05, 0) is 37.1 Å². The molecule has 0 spiro atoms. The van der Waals surface area contributed by atoms with Crippen LogP contribution >= 0.6 is 0 Å². The lowest BCUT2D eigenvalue weighted by Gasteiger charge is -2.22. The molecule has 0 aliphatic carbocycles. The van der Waals surface area contributed by atoms with Crippen molar-refractivity contribution in [1.82, 2.24) is 5.32 Å². The SMILES string of the molecule is CCN(CCC(=O)NCCc1ccccc1OC)c1ccccc1. The van der Waals surface area contributed by atoms with E-state index >= 15 is 0 Å². The molecule has 0 aliphatic heterocycles. The van der Waals surface area contributed by atoms with Gasteiger partial charge in [0.2, 0.25) is 5.91 Å². The van der Waals surface area contributed by atoms with E-state index in [1.54, 1.807) is 7.11 Å². The third-order valence-corrected chi connectivity index (χ3v) is 4.02. The molecule has 0 saturated carbocycles. The van der Waals surface area contributed by atoms with Gasteiger partial charge in [0.1, 0.15) is 5.75 Å². The second-order valence-corrected chi connectivity index (χ2v) is 5.58. The van der Waals surface area contributed by atoms with Gasteiger partial charge in [0.25, 0.3) is 0 Å². The van der Waals surface area contributed by atoms with Crippen molar-refractivity contribution in [3.05, 3.63) is 60.2 Å². The topological polar surface area (TPSA) is 41.6 Å². The van der Waals surface area contributed by atoms with Crippen molar-refractivity contribution in [2.45, 2.75) is 19.8 Å². The van der Waals surface area contributed by atoms with Gasteiger partial charge >= 0.3 is 0 Å². The van der Waals surface area contributed by atoms with Crippen molar-refractivity contribution in [2.24, 2.45) is 0 Å². The summed E-state index contributed by atoms with van der Waals surface area (Å²) in [6, 6.07) is 18.1. The van der Waals surface area contributed by atoms with Crippen molar-refractivity contribution < 1.29 is 9.53 Å². The van der Waals surface area contributed by atoms with E-state index in [2.05, 4.69) is 29.3 Å². The summed E-state index contributed by atoms with van der Waals surface area (Å²) in [6.45, 7) is 4.34. The van der Waals surface area contributed by atoms with E-state index in [0.717, 1.165) is 36.5 Å². The molecule has 24 heavy (non-hydrogen) atoms. The fourth-order valence-corrected chi connectivity index (χ4v) is 2.68. The zero-order valence-electron chi connectivity index (χ0n) is 14.5. The molecule has 2 aromatic rings. The molecule has 0 unspecified atom stereocenters. The molecular formula is C20H26N2O2. The Morgan fingerprint density at radius 3 is 2.50 bits per heavy atom. The Morgan fingerprint density at radius 1 is 1.08 bits per heavy atom. The molecule has 0 bridgehead atoms. The first kappa shape index (κ1) is 17.9. The number of hydrogen-bond donors (Lipinski definition) is 1. The summed E-state index contributed by atoms with van der Waals surface area (Å²) < 4.78 is 5.33. The fourth-order valence-electron chi connectivity index (χ4n) is 2.68. The number of nitrogens with zero attached hydrogens (tertiary/aromatic N) is 1. The number of carbonyl (C=O) groups is 1. The lowest BCUT2D eigenvalue weighted by molar-refractivity contribution is -0.120. The Balaban J connectivity index is 1.75. The Labute approximate surface area is 144 Å². The first-order valence-corrected chi connectivity index (χ1v) is 8.43. The molecule has 4 nitrogen and oxygen atoms in total. The van der Waals surface area contributed by atoms with Gasteiger partial charge in [-0.1, -0.05) is 36.4 Å². The average Bonchev–Trinajstić information content (AvgIpc) is 2.63. The predicted molar refractivity (Wildman–Crippen MR) is 98.7 cm³/mol. The van der Waals surface area contributed by atoms with Crippen LogP contribution in [0.15, 0.2) is 54.6 Å². The molecule has 0 aromatic heterocycles. The van der Waals surface area contributed by atoms with Crippen molar-refractivity contribution in [2.75, 3.05) is 31.6 Å². The van der Waals surface area contributed by atoms with Gasteiger partial charge in [0, 0.05) is 31.7 Å². The van der Waals surface area contributed by atoms with E-state index in [1.165, 1.54) is 0 Å². The second-order valence-electron chi connectivity index (χ2n) is 5.58. The lowest BCUT2D eigenvalue weighted by Crippen LogP contribution is -2.31. The molecule has 0 saturated heterocycles. The number of hydrogen-bond acceptors (Lipinski definition) is 3. The smallest absolute Gasteiger partial charge is 0.221 e. The molecule has 2 rings (SSSR count). The summed E-state index contributed by atoms with van der Waals surface area (Å²) >= 11 is 0. The Hall–Kier alpha value is -2.49. The largest absolute Gasteiger partial charge is 0.496 e. The Bertz CT molecular complexity index is 629. The average molecular weight is 326 g/mol. The highest BCUT2D eigenvalue weighted by atomic mass is 16.5. The summed E-state index contributed by atoms with van der Waals surface area (Å²) in [4.78, 5) is 14.3. The van der Waals surface area contributed by atoms with Crippen LogP contribution in [0.2, 0.25) is 0 Å². The van der Waals surface area contributed by atoms with Crippen LogP contribution in [0.5, 0.6) is 5.75 Å². The molecule has 4 heteroatoms. The highest BCUT2D eigenvalue weighted by molar-refractivity contribution is 5.76. The van der Waals surface area contributed by atoms with E-state index in [0.29, 0.717) is 13.0 Å². The van der Waals surface area contributed by atoms with Crippen molar-refractivity contribution in [3.63, 3.8) is 0 Å². The minimum atomic E-state index is 0.0827. The maximum Gasteiger partial charge on any atom is 0.221 e. The molecule has 0 heterocycles.